The molecule has 0 bridgehead atoms. The zero-order chi connectivity index (χ0) is 23.0. The van der Waals surface area contributed by atoms with Crippen LogP contribution in [0.1, 0.15) is 0 Å². The van der Waals surface area contributed by atoms with Gasteiger partial charge in [0.05, 0.1) is 0 Å². The minimum atomic E-state index is 0.452. The second-order valence-electron chi connectivity index (χ2n) is 7.79. The van der Waals surface area contributed by atoms with Crippen LogP contribution < -0.4 is 18.7 Å². The number of hydrogen-bond donors (Lipinski definition) is 0. The van der Waals surface area contributed by atoms with Crippen molar-refractivity contribution < 1.29 is 18.0 Å². The summed E-state index contributed by atoms with van der Waals surface area (Å²) in [6.45, 7) is 0. The fraction of sp³-hybridized carbons (Fsp3) is 0. The monoisotopic (exact) mass is 546 g/mol. The molecule has 2 heteroatoms. The van der Waals surface area contributed by atoms with Crippen LogP contribution >= 0.6 is 8.58 Å². The topological polar surface area (TPSA) is 0 Å². The third-order valence-electron chi connectivity index (χ3n) is 5.43. The average Bonchev–Trinajstić information content (AvgIpc) is 2.91. The van der Waals surface area contributed by atoms with Gasteiger partial charge in [-0.25, -0.2) is 0 Å². The maximum atomic E-state index is 2.26. The van der Waals surface area contributed by atoms with E-state index in [0.717, 1.165) is 8.58 Å². The molecule has 34 heavy (non-hydrogen) atoms. The molecule has 0 aliphatic carbocycles. The predicted molar refractivity (Wildman–Crippen MR) is 148 cm³/mol. The molecule has 0 amide bonds. The summed E-state index contributed by atoms with van der Waals surface area (Å²) in [7, 11) is 0.777. The number of hydrogen-bond acceptors (Lipinski definition) is 0. The van der Waals surface area contributed by atoms with Crippen molar-refractivity contribution in [2.45, 2.75) is 0 Å². The quantitative estimate of drug-likeness (QED) is 0.179. The molecule has 6 aromatic rings. The Labute approximate surface area is 211 Å². The van der Waals surface area contributed by atoms with Crippen molar-refractivity contribution >= 4 is 48.8 Å². The molecular formula is C32H25PPd. The molecule has 0 nitrogen and oxygen atoms in total. The number of fused-ring (bicyclic) bond motifs is 2. The molecule has 0 fully saturated rings. The third kappa shape index (κ3) is 5.70. The van der Waals surface area contributed by atoms with Crippen molar-refractivity contribution in [3.8, 4) is 0 Å². The standard InChI is InChI=1S/C12H11P.2C10H7.Pd/c1-3-7-11(8-4-1)13-12-9-5-2-6-10-12;2*1-2-6-10-8-4-3-7-9(10)5-1;/h1-10,13H;2*1-7H;. The van der Waals surface area contributed by atoms with E-state index < -0.39 is 0 Å². The van der Waals surface area contributed by atoms with Crippen molar-refractivity contribution in [3.05, 3.63) is 146 Å². The fourth-order valence-corrected chi connectivity index (χ4v) is 6.96. The summed E-state index contributed by atoms with van der Waals surface area (Å²) >= 11 is 0.452. The van der Waals surface area contributed by atoms with Crippen LogP contribution in [-0.4, -0.2) is 0 Å². The molecule has 6 rings (SSSR count). The Bertz CT molecular complexity index is 1370. The molecule has 0 atom stereocenters. The summed E-state index contributed by atoms with van der Waals surface area (Å²) in [5.41, 5.74) is 0. The van der Waals surface area contributed by atoms with E-state index in [2.05, 4.69) is 146 Å². The molecule has 168 valence electrons. The molecule has 0 saturated carbocycles. The van der Waals surface area contributed by atoms with Gasteiger partial charge in [0.15, 0.2) is 0 Å². The number of benzene rings is 6. The summed E-state index contributed by atoms with van der Waals surface area (Å²) in [6, 6.07) is 51.7. The molecule has 0 aliphatic heterocycles. The van der Waals surface area contributed by atoms with Gasteiger partial charge in [-0.15, -0.1) is 0 Å². The van der Waals surface area contributed by atoms with Crippen molar-refractivity contribution in [3.63, 3.8) is 0 Å². The van der Waals surface area contributed by atoms with Crippen molar-refractivity contribution in [1.29, 1.82) is 0 Å². The summed E-state index contributed by atoms with van der Waals surface area (Å²) in [4.78, 5) is 0. The van der Waals surface area contributed by atoms with Crippen LogP contribution in [0.25, 0.3) is 21.5 Å². The van der Waals surface area contributed by atoms with Gasteiger partial charge in [-0.1, -0.05) is 69.2 Å². The molecule has 0 unspecified atom stereocenters. The Morgan fingerprint density at radius 2 is 0.735 bits per heavy atom. The van der Waals surface area contributed by atoms with Gasteiger partial charge in [0.25, 0.3) is 0 Å². The van der Waals surface area contributed by atoms with Gasteiger partial charge in [-0.3, -0.25) is 0 Å². The van der Waals surface area contributed by atoms with E-state index in [0.29, 0.717) is 18.0 Å². The molecule has 0 spiro atoms. The molecule has 0 radical (unpaired) electrons. The average molecular weight is 547 g/mol. The van der Waals surface area contributed by atoms with Gasteiger partial charge in [0.2, 0.25) is 0 Å². The van der Waals surface area contributed by atoms with Crippen molar-refractivity contribution in [2.24, 2.45) is 0 Å². The SMILES string of the molecule is c1ccc(Pc2ccccc2)cc1.c1ccc2[c]([Pd][c]3cccc4ccccc34)cccc2c1. The predicted octanol–water partition coefficient (Wildman–Crippen LogP) is 6.34. The number of rotatable bonds is 4. The molecule has 0 saturated heterocycles. The van der Waals surface area contributed by atoms with E-state index in [1.54, 1.807) is 0 Å². The first kappa shape index (κ1) is 22.7. The Morgan fingerprint density at radius 1 is 0.353 bits per heavy atom. The first-order chi connectivity index (χ1) is 16.9. The van der Waals surface area contributed by atoms with Gasteiger partial charge < -0.3 is 0 Å². The van der Waals surface area contributed by atoms with Gasteiger partial charge >= 0.3 is 133 Å². The molecule has 0 aliphatic rings. The fourth-order valence-electron chi connectivity index (χ4n) is 3.77. The molecule has 0 N–H and O–H groups in total. The summed E-state index contributed by atoms with van der Waals surface area (Å²) in [6.07, 6.45) is 0. The van der Waals surface area contributed by atoms with Crippen LogP contribution in [0.2, 0.25) is 0 Å². The summed E-state index contributed by atoms with van der Waals surface area (Å²) < 4.78 is 2.89. The Morgan fingerprint density at radius 3 is 1.21 bits per heavy atom. The van der Waals surface area contributed by atoms with Crippen LogP contribution in [0.15, 0.2) is 146 Å². The first-order valence-electron chi connectivity index (χ1n) is 11.3. The van der Waals surface area contributed by atoms with Crippen LogP contribution in [0.4, 0.5) is 0 Å². The summed E-state index contributed by atoms with van der Waals surface area (Å²) in [5, 5.41) is 8.20. The van der Waals surface area contributed by atoms with E-state index in [4.69, 9.17) is 0 Å². The van der Waals surface area contributed by atoms with E-state index >= 15 is 0 Å². The van der Waals surface area contributed by atoms with Crippen molar-refractivity contribution in [2.75, 3.05) is 0 Å². The van der Waals surface area contributed by atoms with Gasteiger partial charge in [-0.05, 0) is 10.6 Å². The normalized spacial score (nSPS) is 10.7. The summed E-state index contributed by atoms with van der Waals surface area (Å²) in [5.74, 6) is 0. The zero-order valence-corrected chi connectivity index (χ0v) is 21.2. The van der Waals surface area contributed by atoms with Crippen LogP contribution in [0.5, 0.6) is 0 Å². The molecule has 6 aromatic carbocycles. The third-order valence-corrected chi connectivity index (χ3v) is 8.86. The Balaban J connectivity index is 0.000000159. The Kier molecular flexibility index (Phi) is 7.60. The van der Waals surface area contributed by atoms with Crippen molar-refractivity contribution in [1.82, 2.24) is 0 Å². The van der Waals surface area contributed by atoms with Gasteiger partial charge in [-0.2, -0.15) is 0 Å². The maximum absolute atomic E-state index is 2.26. The van der Waals surface area contributed by atoms with Crippen LogP contribution in [0.3, 0.4) is 0 Å². The first-order valence-corrected chi connectivity index (χ1v) is 13.8. The second kappa shape index (κ2) is 11.4. The van der Waals surface area contributed by atoms with Crippen LogP contribution in [-0.2, 0) is 18.0 Å². The van der Waals surface area contributed by atoms with Gasteiger partial charge in [0, 0.05) is 0 Å². The van der Waals surface area contributed by atoms with Gasteiger partial charge in [0.1, 0.15) is 0 Å². The van der Waals surface area contributed by atoms with E-state index in [-0.39, 0.29) is 0 Å². The Hall–Kier alpha value is -3.07. The molecular weight excluding hydrogens is 522 g/mol. The van der Waals surface area contributed by atoms with E-state index in [1.165, 1.54) is 40.2 Å². The second-order valence-corrected chi connectivity index (χ2v) is 11.3. The van der Waals surface area contributed by atoms with E-state index in [1.807, 2.05) is 0 Å². The molecule has 0 heterocycles. The minimum absolute atomic E-state index is 0.452. The van der Waals surface area contributed by atoms with Crippen LogP contribution in [0, 0.1) is 0 Å². The van der Waals surface area contributed by atoms with E-state index in [9.17, 15) is 0 Å². The zero-order valence-electron chi connectivity index (χ0n) is 18.7. The molecule has 0 aromatic heterocycles.